The van der Waals surface area contributed by atoms with Gasteiger partial charge in [-0.1, -0.05) is 26.0 Å². The summed E-state index contributed by atoms with van der Waals surface area (Å²) >= 11 is 6.88. The molecule has 0 aromatic heterocycles. The van der Waals surface area contributed by atoms with Crippen LogP contribution in [0.15, 0.2) is 45.3 Å². The molecular formula is C22H26Br2N2O4. The summed E-state index contributed by atoms with van der Waals surface area (Å²) in [5.41, 5.74) is 2.37. The first-order chi connectivity index (χ1) is 14.4. The van der Waals surface area contributed by atoms with Crippen molar-refractivity contribution in [1.29, 1.82) is 0 Å². The van der Waals surface area contributed by atoms with E-state index in [0.29, 0.717) is 24.6 Å². The summed E-state index contributed by atoms with van der Waals surface area (Å²) < 4.78 is 12.7. The van der Waals surface area contributed by atoms with E-state index < -0.39 is 0 Å². The fourth-order valence-corrected chi connectivity index (χ4v) is 3.64. The van der Waals surface area contributed by atoms with Crippen LogP contribution in [0.3, 0.4) is 0 Å². The Morgan fingerprint density at radius 3 is 1.50 bits per heavy atom. The lowest BCUT2D eigenvalue weighted by Gasteiger charge is -2.11. The van der Waals surface area contributed by atoms with Gasteiger partial charge in [0.2, 0.25) is 0 Å². The Hall–Kier alpha value is -2.06. The van der Waals surface area contributed by atoms with Crippen LogP contribution in [0.5, 0.6) is 11.5 Å². The highest BCUT2D eigenvalue weighted by atomic mass is 79.9. The zero-order valence-corrected chi connectivity index (χ0v) is 20.3. The first kappa shape index (κ1) is 24.2. The average molecular weight is 542 g/mol. The van der Waals surface area contributed by atoms with Gasteiger partial charge in [-0.25, -0.2) is 0 Å². The van der Waals surface area contributed by atoms with Gasteiger partial charge in [-0.15, -0.1) is 0 Å². The standard InChI is InChI=1S/C22H26Br2N2O4/c1-3-15-5-7-19(17(23)11-15)29-13-21(27)25-9-10-26-22(28)14-30-20-8-6-16(4-2)12-18(20)24/h5-8,11-12H,3-4,9-10,13-14H2,1-2H3,(H,25,27)(H,26,28). The van der Waals surface area contributed by atoms with Gasteiger partial charge in [0.15, 0.2) is 13.2 Å². The molecule has 2 N–H and O–H groups in total. The van der Waals surface area contributed by atoms with E-state index in [9.17, 15) is 9.59 Å². The van der Waals surface area contributed by atoms with Crippen molar-refractivity contribution >= 4 is 43.7 Å². The van der Waals surface area contributed by atoms with Crippen molar-refractivity contribution in [3.63, 3.8) is 0 Å². The zero-order chi connectivity index (χ0) is 21.9. The zero-order valence-electron chi connectivity index (χ0n) is 17.1. The molecule has 0 aliphatic rings. The summed E-state index contributed by atoms with van der Waals surface area (Å²) in [6.07, 6.45) is 1.86. The van der Waals surface area contributed by atoms with Gasteiger partial charge in [-0.3, -0.25) is 9.59 Å². The Labute approximate surface area is 194 Å². The summed E-state index contributed by atoms with van der Waals surface area (Å²) in [5.74, 6) is 0.718. The second kappa shape index (κ2) is 12.6. The van der Waals surface area contributed by atoms with E-state index in [1.807, 2.05) is 36.4 Å². The molecule has 0 aliphatic carbocycles. The maximum atomic E-state index is 11.9. The molecule has 6 nitrogen and oxygen atoms in total. The number of hydrogen-bond acceptors (Lipinski definition) is 4. The molecule has 0 unspecified atom stereocenters. The number of halogens is 2. The first-order valence-corrected chi connectivity index (χ1v) is 11.4. The molecule has 0 radical (unpaired) electrons. The van der Waals surface area contributed by atoms with Crippen LogP contribution in [-0.4, -0.2) is 38.1 Å². The Balaban J connectivity index is 1.62. The van der Waals surface area contributed by atoms with Crippen LogP contribution in [0.1, 0.15) is 25.0 Å². The van der Waals surface area contributed by atoms with Crippen LogP contribution in [0, 0.1) is 0 Å². The predicted molar refractivity (Wildman–Crippen MR) is 124 cm³/mol. The lowest BCUT2D eigenvalue weighted by molar-refractivity contribution is -0.124. The third-order valence-electron chi connectivity index (χ3n) is 4.30. The number of carbonyl (C=O) groups excluding carboxylic acids is 2. The summed E-state index contributed by atoms with van der Waals surface area (Å²) in [4.78, 5) is 23.8. The van der Waals surface area contributed by atoms with E-state index in [-0.39, 0.29) is 25.0 Å². The summed E-state index contributed by atoms with van der Waals surface area (Å²) in [6.45, 7) is 4.57. The van der Waals surface area contributed by atoms with E-state index >= 15 is 0 Å². The van der Waals surface area contributed by atoms with E-state index in [0.717, 1.165) is 21.8 Å². The number of rotatable bonds is 11. The Bertz CT molecular complexity index is 803. The fourth-order valence-electron chi connectivity index (χ4n) is 2.56. The van der Waals surface area contributed by atoms with Crippen molar-refractivity contribution in [3.8, 4) is 11.5 Å². The molecule has 0 aliphatic heterocycles. The van der Waals surface area contributed by atoms with Crippen LogP contribution in [-0.2, 0) is 22.4 Å². The predicted octanol–water partition coefficient (Wildman–Crippen LogP) is 4.03. The number of amides is 2. The average Bonchev–Trinajstić information content (AvgIpc) is 2.74. The maximum absolute atomic E-state index is 11.9. The molecule has 0 saturated heterocycles. The van der Waals surface area contributed by atoms with E-state index in [2.05, 4.69) is 56.3 Å². The van der Waals surface area contributed by atoms with Crippen molar-refractivity contribution in [2.24, 2.45) is 0 Å². The number of carbonyl (C=O) groups is 2. The molecule has 0 heterocycles. The highest BCUT2D eigenvalue weighted by Crippen LogP contribution is 2.27. The van der Waals surface area contributed by atoms with Crippen LogP contribution in [0.2, 0.25) is 0 Å². The molecule has 2 rings (SSSR count). The van der Waals surface area contributed by atoms with Crippen LogP contribution < -0.4 is 20.1 Å². The van der Waals surface area contributed by atoms with Crippen molar-refractivity contribution in [3.05, 3.63) is 56.5 Å². The van der Waals surface area contributed by atoms with E-state index in [4.69, 9.17) is 9.47 Å². The molecule has 162 valence electrons. The second-order valence-electron chi connectivity index (χ2n) is 6.51. The number of ether oxygens (including phenoxy) is 2. The van der Waals surface area contributed by atoms with Gasteiger partial charge in [-0.2, -0.15) is 0 Å². The van der Waals surface area contributed by atoms with Crippen molar-refractivity contribution in [1.82, 2.24) is 10.6 Å². The van der Waals surface area contributed by atoms with Crippen LogP contribution in [0.25, 0.3) is 0 Å². The van der Waals surface area contributed by atoms with E-state index in [1.54, 1.807) is 0 Å². The quantitative estimate of drug-likeness (QED) is 0.421. The van der Waals surface area contributed by atoms with E-state index in [1.165, 1.54) is 11.1 Å². The molecular weight excluding hydrogens is 516 g/mol. The Morgan fingerprint density at radius 1 is 0.767 bits per heavy atom. The normalized spacial score (nSPS) is 10.4. The molecule has 0 saturated carbocycles. The van der Waals surface area contributed by atoms with Crippen LogP contribution >= 0.6 is 31.9 Å². The minimum absolute atomic E-state index is 0.0943. The van der Waals surface area contributed by atoms with Crippen molar-refractivity contribution < 1.29 is 19.1 Å². The molecule has 8 heteroatoms. The number of nitrogens with one attached hydrogen (secondary N) is 2. The topological polar surface area (TPSA) is 76.7 Å². The molecule has 2 amide bonds. The third-order valence-corrected chi connectivity index (χ3v) is 5.54. The molecule has 30 heavy (non-hydrogen) atoms. The Kier molecular flexibility index (Phi) is 10.2. The minimum Gasteiger partial charge on any atom is -0.483 e. The first-order valence-electron chi connectivity index (χ1n) is 9.78. The number of hydrogen-bond donors (Lipinski definition) is 2. The monoisotopic (exact) mass is 540 g/mol. The molecule has 2 aromatic rings. The number of aryl methyl sites for hydroxylation is 2. The largest absolute Gasteiger partial charge is 0.483 e. The van der Waals surface area contributed by atoms with Gasteiger partial charge in [0.1, 0.15) is 11.5 Å². The molecule has 2 aromatic carbocycles. The van der Waals surface area contributed by atoms with Gasteiger partial charge >= 0.3 is 0 Å². The van der Waals surface area contributed by atoms with Crippen LogP contribution in [0.4, 0.5) is 0 Å². The molecule has 0 fully saturated rings. The fraction of sp³-hybridized carbons (Fsp3) is 0.364. The SMILES string of the molecule is CCc1ccc(OCC(=O)NCCNC(=O)COc2ccc(CC)cc2Br)c(Br)c1. The summed E-state index contributed by atoms with van der Waals surface area (Å²) in [6, 6.07) is 11.6. The van der Waals surface area contributed by atoms with Gasteiger partial charge in [0, 0.05) is 13.1 Å². The summed E-state index contributed by atoms with van der Waals surface area (Å²) in [5, 5.41) is 5.41. The molecule has 0 bridgehead atoms. The second-order valence-corrected chi connectivity index (χ2v) is 8.22. The molecule has 0 atom stereocenters. The van der Waals surface area contributed by atoms with Gasteiger partial charge < -0.3 is 20.1 Å². The third kappa shape index (κ3) is 7.99. The lowest BCUT2D eigenvalue weighted by atomic mass is 10.2. The lowest BCUT2D eigenvalue weighted by Crippen LogP contribution is -2.38. The van der Waals surface area contributed by atoms with Gasteiger partial charge in [0.05, 0.1) is 8.95 Å². The minimum atomic E-state index is -0.257. The van der Waals surface area contributed by atoms with Gasteiger partial charge in [0.25, 0.3) is 11.8 Å². The number of benzene rings is 2. The maximum Gasteiger partial charge on any atom is 0.258 e. The Morgan fingerprint density at radius 2 is 1.17 bits per heavy atom. The highest BCUT2D eigenvalue weighted by Gasteiger charge is 2.08. The van der Waals surface area contributed by atoms with Gasteiger partial charge in [-0.05, 0) is 80.1 Å². The highest BCUT2D eigenvalue weighted by molar-refractivity contribution is 9.10. The van der Waals surface area contributed by atoms with Crippen molar-refractivity contribution in [2.75, 3.05) is 26.3 Å². The molecule has 0 spiro atoms. The van der Waals surface area contributed by atoms with Crippen molar-refractivity contribution in [2.45, 2.75) is 26.7 Å². The smallest absolute Gasteiger partial charge is 0.258 e. The summed E-state index contributed by atoms with van der Waals surface area (Å²) in [7, 11) is 0.